The van der Waals surface area contributed by atoms with E-state index in [4.69, 9.17) is 25.8 Å². The van der Waals surface area contributed by atoms with Crippen LogP contribution in [-0.4, -0.2) is 62.3 Å². The molecule has 0 amide bonds. The van der Waals surface area contributed by atoms with Gasteiger partial charge >= 0.3 is 0 Å². The lowest BCUT2D eigenvalue weighted by atomic mass is 9.87. The molecule has 2 fully saturated rings. The molecule has 9 heteroatoms. The van der Waals surface area contributed by atoms with Gasteiger partial charge in [-0.05, 0) is 56.4 Å². The number of pyridine rings is 1. The van der Waals surface area contributed by atoms with Gasteiger partial charge in [-0.3, -0.25) is 4.99 Å². The lowest BCUT2D eigenvalue weighted by molar-refractivity contribution is 0.0497. The van der Waals surface area contributed by atoms with E-state index in [0.717, 1.165) is 75.4 Å². The van der Waals surface area contributed by atoms with Crippen molar-refractivity contribution in [3.05, 3.63) is 22.7 Å². The van der Waals surface area contributed by atoms with Crippen LogP contribution in [0.3, 0.4) is 0 Å². The summed E-state index contributed by atoms with van der Waals surface area (Å²) in [5, 5.41) is 6.87. The third-order valence-corrected chi connectivity index (χ3v) is 7.32. The molecule has 0 unspecified atom stereocenters. The second-order valence-electron chi connectivity index (χ2n) is 8.72. The second-order valence-corrected chi connectivity index (χ2v) is 9.95. The van der Waals surface area contributed by atoms with Crippen LogP contribution in [0.2, 0.25) is 5.02 Å². The van der Waals surface area contributed by atoms with E-state index in [1.165, 1.54) is 11.3 Å². The summed E-state index contributed by atoms with van der Waals surface area (Å²) in [4.78, 5) is 13.6. The number of ether oxygens (including phenoxy) is 3. The molecule has 7 nitrogen and oxygen atoms in total. The first-order chi connectivity index (χ1) is 16.2. The maximum absolute atomic E-state index is 6.47. The normalized spacial score (nSPS) is 22.0. The van der Waals surface area contributed by atoms with E-state index >= 15 is 0 Å². The van der Waals surface area contributed by atoms with Crippen molar-refractivity contribution in [1.82, 2.24) is 9.97 Å². The SMILES string of the molecule is COCC/N=C/C1CCC(Nc2cc(-c3csc(OCC4CCOCC4)n3)c(Cl)cn2)CC1. The third-order valence-electron chi connectivity index (χ3n) is 6.26. The maximum atomic E-state index is 6.47. The summed E-state index contributed by atoms with van der Waals surface area (Å²) < 4.78 is 16.4. The molecule has 1 aliphatic heterocycles. The highest BCUT2D eigenvalue weighted by Gasteiger charge is 2.21. The van der Waals surface area contributed by atoms with Crippen molar-refractivity contribution in [3.8, 4) is 16.5 Å². The minimum absolute atomic E-state index is 0.406. The van der Waals surface area contributed by atoms with E-state index in [-0.39, 0.29) is 0 Å². The number of rotatable bonds is 10. The highest BCUT2D eigenvalue weighted by Crippen LogP contribution is 2.34. The van der Waals surface area contributed by atoms with Gasteiger partial charge in [-0.2, -0.15) is 0 Å². The average molecular weight is 493 g/mol. The topological polar surface area (TPSA) is 77.9 Å². The van der Waals surface area contributed by atoms with E-state index in [2.05, 4.69) is 26.5 Å². The van der Waals surface area contributed by atoms with E-state index < -0.39 is 0 Å². The molecule has 0 radical (unpaired) electrons. The van der Waals surface area contributed by atoms with Crippen LogP contribution >= 0.6 is 22.9 Å². The standard InChI is InChI=1S/C24H33ClN4O3S/c1-30-11-8-26-13-17-2-4-19(5-3-17)28-23-12-20(21(25)14-27-23)22-16-33-24(29-22)32-15-18-6-9-31-10-7-18/h12-14,16-19H,2-11,15H2,1H3,(H,27,28)/b26-13+. The van der Waals surface area contributed by atoms with Crippen LogP contribution in [0.5, 0.6) is 5.19 Å². The Kier molecular flexibility index (Phi) is 9.35. The summed E-state index contributed by atoms with van der Waals surface area (Å²) in [6.45, 7) is 3.75. The second kappa shape index (κ2) is 12.6. The molecule has 0 spiro atoms. The molecule has 3 heterocycles. The van der Waals surface area contributed by atoms with Crippen LogP contribution in [0.4, 0.5) is 5.82 Å². The number of nitrogens with zero attached hydrogens (tertiary/aromatic N) is 3. The van der Waals surface area contributed by atoms with Crippen molar-refractivity contribution >= 4 is 35.0 Å². The fraction of sp³-hybridized carbons (Fsp3) is 0.625. The molecule has 1 N–H and O–H groups in total. The molecule has 33 heavy (non-hydrogen) atoms. The van der Waals surface area contributed by atoms with Crippen LogP contribution < -0.4 is 10.1 Å². The number of aliphatic imine (C=N–C) groups is 1. The Morgan fingerprint density at radius 1 is 1.24 bits per heavy atom. The molecule has 1 saturated heterocycles. The number of methoxy groups -OCH3 is 1. The van der Waals surface area contributed by atoms with Gasteiger partial charge in [0.1, 0.15) is 5.82 Å². The predicted octanol–water partition coefficient (Wildman–Crippen LogP) is 5.35. The van der Waals surface area contributed by atoms with Crippen molar-refractivity contribution < 1.29 is 14.2 Å². The van der Waals surface area contributed by atoms with Gasteiger partial charge in [0.05, 0.1) is 30.5 Å². The van der Waals surface area contributed by atoms with Crippen molar-refractivity contribution in [2.24, 2.45) is 16.8 Å². The monoisotopic (exact) mass is 492 g/mol. The van der Waals surface area contributed by atoms with Gasteiger partial charge in [-0.1, -0.05) is 22.9 Å². The Bertz CT molecular complexity index is 896. The zero-order chi connectivity index (χ0) is 22.9. The quantitative estimate of drug-likeness (QED) is 0.355. The summed E-state index contributed by atoms with van der Waals surface area (Å²) in [5.41, 5.74) is 1.71. The van der Waals surface area contributed by atoms with E-state index in [9.17, 15) is 0 Å². The molecule has 180 valence electrons. The molecular formula is C24H33ClN4O3S. The smallest absolute Gasteiger partial charge is 0.273 e. The van der Waals surface area contributed by atoms with Crippen molar-refractivity contribution in [2.45, 2.75) is 44.6 Å². The van der Waals surface area contributed by atoms with Crippen molar-refractivity contribution in [2.75, 3.05) is 45.4 Å². The van der Waals surface area contributed by atoms with Crippen LogP contribution in [-0.2, 0) is 9.47 Å². The molecule has 4 rings (SSSR count). The average Bonchev–Trinajstić information content (AvgIpc) is 3.32. The summed E-state index contributed by atoms with van der Waals surface area (Å²) in [7, 11) is 1.71. The molecule has 2 aromatic heterocycles. The fourth-order valence-electron chi connectivity index (χ4n) is 4.25. The minimum Gasteiger partial charge on any atom is -0.470 e. The van der Waals surface area contributed by atoms with Gasteiger partial charge in [-0.25, -0.2) is 9.97 Å². The van der Waals surface area contributed by atoms with E-state index in [1.807, 2.05) is 11.4 Å². The zero-order valence-electron chi connectivity index (χ0n) is 19.2. The summed E-state index contributed by atoms with van der Waals surface area (Å²) >= 11 is 7.98. The first-order valence-corrected chi connectivity index (χ1v) is 13.0. The summed E-state index contributed by atoms with van der Waals surface area (Å²) in [6.07, 6.45) is 10.4. The molecule has 2 aromatic rings. The minimum atomic E-state index is 0.406. The summed E-state index contributed by atoms with van der Waals surface area (Å²) in [6, 6.07) is 2.40. The van der Waals surface area contributed by atoms with Crippen LogP contribution in [0.15, 0.2) is 22.6 Å². The number of hydrogen-bond donors (Lipinski definition) is 1. The zero-order valence-corrected chi connectivity index (χ0v) is 20.7. The number of anilines is 1. The molecule has 2 aliphatic rings. The summed E-state index contributed by atoms with van der Waals surface area (Å²) in [5.74, 6) is 1.94. The number of halogens is 1. The van der Waals surface area contributed by atoms with Crippen molar-refractivity contribution in [3.63, 3.8) is 0 Å². The molecule has 0 aromatic carbocycles. The van der Waals surface area contributed by atoms with Gasteiger partial charge in [0, 0.05) is 49.7 Å². The van der Waals surface area contributed by atoms with Crippen LogP contribution in [0, 0.1) is 11.8 Å². The Labute approximate surface area is 204 Å². The number of nitrogens with one attached hydrogen (secondary N) is 1. The molecule has 1 saturated carbocycles. The molecule has 1 aliphatic carbocycles. The van der Waals surface area contributed by atoms with Crippen molar-refractivity contribution in [1.29, 1.82) is 0 Å². The molecule has 0 bridgehead atoms. The number of hydrogen-bond acceptors (Lipinski definition) is 8. The van der Waals surface area contributed by atoms with E-state index in [0.29, 0.717) is 41.3 Å². The Hall–Kier alpha value is -1.74. The third kappa shape index (κ3) is 7.37. The first-order valence-electron chi connectivity index (χ1n) is 11.8. The van der Waals surface area contributed by atoms with Gasteiger partial charge in [0.15, 0.2) is 0 Å². The highest BCUT2D eigenvalue weighted by atomic mass is 35.5. The Morgan fingerprint density at radius 3 is 2.85 bits per heavy atom. The molecule has 0 atom stereocenters. The van der Waals surface area contributed by atoms with Gasteiger partial charge in [0.25, 0.3) is 5.19 Å². The van der Waals surface area contributed by atoms with E-state index in [1.54, 1.807) is 13.3 Å². The lowest BCUT2D eigenvalue weighted by Gasteiger charge is -2.27. The lowest BCUT2D eigenvalue weighted by Crippen LogP contribution is -2.27. The number of aromatic nitrogens is 2. The van der Waals surface area contributed by atoms with Gasteiger partial charge in [-0.15, -0.1) is 0 Å². The largest absolute Gasteiger partial charge is 0.470 e. The molecular weight excluding hydrogens is 460 g/mol. The predicted molar refractivity (Wildman–Crippen MR) is 134 cm³/mol. The number of thiazole rings is 1. The van der Waals surface area contributed by atoms with Crippen LogP contribution in [0.1, 0.15) is 38.5 Å². The first kappa shape index (κ1) is 24.4. The fourth-order valence-corrected chi connectivity index (χ4v) is 5.13. The Balaban J connectivity index is 1.30. The van der Waals surface area contributed by atoms with Crippen LogP contribution in [0.25, 0.3) is 11.3 Å². The van der Waals surface area contributed by atoms with Gasteiger partial charge in [0.2, 0.25) is 0 Å². The highest BCUT2D eigenvalue weighted by molar-refractivity contribution is 7.11. The Morgan fingerprint density at radius 2 is 2.06 bits per heavy atom. The maximum Gasteiger partial charge on any atom is 0.273 e. The van der Waals surface area contributed by atoms with Gasteiger partial charge < -0.3 is 19.5 Å².